The van der Waals surface area contributed by atoms with Gasteiger partial charge in [-0.3, -0.25) is 33.6 Å². The van der Waals surface area contributed by atoms with E-state index >= 15 is 0 Å². The third-order valence-electron chi connectivity index (χ3n) is 16.0. The van der Waals surface area contributed by atoms with E-state index in [-0.39, 0.29) is 61.1 Å². The molecule has 3 aliphatic heterocycles. The van der Waals surface area contributed by atoms with Gasteiger partial charge in [-0.2, -0.15) is 0 Å². The van der Waals surface area contributed by atoms with Crippen LogP contribution in [0.1, 0.15) is 115 Å². The fourth-order valence-electron chi connectivity index (χ4n) is 10.9. The van der Waals surface area contributed by atoms with Crippen LogP contribution in [-0.4, -0.2) is 192 Å². The first-order chi connectivity index (χ1) is 44.4. The van der Waals surface area contributed by atoms with Crippen molar-refractivity contribution >= 4 is 99.2 Å². The number of fused-ring (bicyclic) bond motifs is 1. The van der Waals surface area contributed by atoms with Crippen molar-refractivity contribution in [3.63, 3.8) is 0 Å². The van der Waals surface area contributed by atoms with Crippen molar-refractivity contribution in [2.45, 2.75) is 130 Å². The number of piperazine rings is 1. The second-order valence-corrected chi connectivity index (χ2v) is 25.7. The van der Waals surface area contributed by atoms with E-state index < -0.39 is 40.7 Å². The number of nitrogens with zero attached hydrogens (tertiary/aromatic N) is 11. The number of aromatic amines is 1. The number of thiol groups is 2. The molecule has 2 aromatic carbocycles. The minimum absolute atomic E-state index is 0.00501. The van der Waals surface area contributed by atoms with E-state index in [0.29, 0.717) is 81.1 Å². The highest BCUT2D eigenvalue weighted by Crippen LogP contribution is 2.31. The van der Waals surface area contributed by atoms with Gasteiger partial charge in [0.15, 0.2) is 5.69 Å². The first kappa shape index (κ1) is 72.4. The molecule has 4 aromatic heterocycles. The number of likely N-dealkylation sites (N-methyl/N-ethyl adjacent to an activating group) is 1. The molecule has 25 nitrogen and oxygen atoms in total. The van der Waals surface area contributed by atoms with E-state index in [1.807, 2.05) is 53.6 Å². The monoisotopic (exact) mass is 1340 g/mol. The molecular weight excluding hydrogens is 1250 g/mol. The van der Waals surface area contributed by atoms with Crippen LogP contribution < -0.4 is 26.2 Å². The third-order valence-corrected chi connectivity index (χ3v) is 16.3. The van der Waals surface area contributed by atoms with E-state index in [9.17, 15) is 33.6 Å². The molecule has 5 N–H and O–H groups in total. The molecule has 6 aromatic rings. The number of likely N-dealkylation sites (tertiary alicyclic amines) is 1. The van der Waals surface area contributed by atoms with Gasteiger partial charge >= 0.3 is 12.2 Å². The zero-order valence-electron chi connectivity index (χ0n) is 54.7. The lowest BCUT2D eigenvalue weighted by molar-refractivity contribution is -0.134. The van der Waals surface area contributed by atoms with Gasteiger partial charge in [-0.25, -0.2) is 24.5 Å². The number of benzene rings is 2. The predicted octanol–water partition coefficient (Wildman–Crippen LogP) is 8.03. The fraction of sp³-hybridized carbons (Fsp3) is 0.508. The normalized spacial score (nSPS) is 15.8. The molecule has 0 radical (unpaired) electrons. The molecule has 7 heterocycles. The minimum Gasteiger partial charge on any atom is -0.444 e. The van der Waals surface area contributed by atoms with Gasteiger partial charge in [-0.15, -0.1) is 28.4 Å². The summed E-state index contributed by atoms with van der Waals surface area (Å²) in [6.45, 7) is 21.4. The van der Waals surface area contributed by atoms with Crippen molar-refractivity contribution < 1.29 is 43.0 Å². The minimum atomic E-state index is -1.10. The second-order valence-electron chi connectivity index (χ2n) is 25.2. The van der Waals surface area contributed by atoms with Crippen LogP contribution in [0.15, 0.2) is 85.6 Å². The summed E-state index contributed by atoms with van der Waals surface area (Å²) >= 11 is 12.4. The van der Waals surface area contributed by atoms with Gasteiger partial charge in [0, 0.05) is 121 Å². The molecule has 9 rings (SSSR count). The van der Waals surface area contributed by atoms with Crippen molar-refractivity contribution in [2.75, 3.05) is 89.3 Å². The molecule has 3 aliphatic rings. The molecule has 0 aliphatic carbocycles. The Kier molecular flexibility index (Phi) is 26.3. The Morgan fingerprint density at radius 3 is 2.24 bits per heavy atom. The van der Waals surface area contributed by atoms with Crippen LogP contribution in [0.25, 0.3) is 22.2 Å². The predicted molar refractivity (Wildman–Crippen MR) is 364 cm³/mol. The largest absolute Gasteiger partial charge is 0.444 e. The van der Waals surface area contributed by atoms with Gasteiger partial charge in [0.05, 0.1) is 23.3 Å². The van der Waals surface area contributed by atoms with Crippen LogP contribution in [0.5, 0.6) is 0 Å². The quantitative estimate of drug-likeness (QED) is 0.0281. The molecular formula is C65H89ClN16O9S2. The standard InChI is InChI=1S/C41H58N10O6.C24H29ClN6O3.H2S2/c1-7-29-10-9-11-31(22-29)32-24-34(44-35(52)28-50(40(56)57-41(3,4)5)26-30-13-16-47(6)37(54)23-30)38(43-25-32)39(55)42-15-12-33-27-51(46-45-33)17-14-36(53)49-20-18-48(8-2)19-21-49;1-23(2,3)34-22(33)30-24(21(32)27-14-16-4-6-17(25)7-5-16)9-12-31(13-10-24)20-18-8-11-26-19(18)28-15-29-20;1-2/h9-11,22,24-25,27,30H,7-8,12-21,23,26,28H2,1-6H3,(H,42,55)(H,44,52);4-8,11,15H,9-10,12-14H2,1-3H3,(H,27,32)(H,30,33)(H,26,28,29);1-2H. The highest BCUT2D eigenvalue weighted by atomic mass is 35.5. The maximum atomic E-state index is 13.7. The molecule has 7 amide bonds. The molecule has 1 unspecified atom stereocenters. The number of alkyl carbamates (subject to hydrolysis) is 1. The lowest BCUT2D eigenvalue weighted by Gasteiger charge is -2.41. The summed E-state index contributed by atoms with van der Waals surface area (Å²) in [4.78, 5) is 118. The van der Waals surface area contributed by atoms with Crippen molar-refractivity contribution in [3.8, 4) is 11.1 Å². The number of aryl methyl sites for hydroxylation is 2. The van der Waals surface area contributed by atoms with Gasteiger partial charge in [0.2, 0.25) is 23.6 Å². The van der Waals surface area contributed by atoms with Crippen LogP contribution in [0.3, 0.4) is 0 Å². The number of amides is 7. The lowest BCUT2D eigenvalue weighted by Crippen LogP contribution is -2.63. The fourth-order valence-corrected chi connectivity index (χ4v) is 11.1. The summed E-state index contributed by atoms with van der Waals surface area (Å²) in [5.41, 5.74) is 2.62. The SMILES string of the molecule is CC(C)(C)OC(=O)NC1(C(=O)NCc2ccc(Cl)cc2)CCN(c2ncnc3[nH]ccc23)CC1.CCc1cccc(-c2cnc(C(=O)NCCc3cn(CCC(=O)N4CCN(CC)CC4)nn3)c(NC(=O)CN(CC3CCN(C)C(=O)C3)C(=O)OC(C)(C)C)c2)c1.SS. The maximum absolute atomic E-state index is 13.7. The Morgan fingerprint density at radius 2 is 1.56 bits per heavy atom. The zero-order valence-corrected chi connectivity index (χ0v) is 57.2. The number of ether oxygens (including phenoxy) is 2. The summed E-state index contributed by atoms with van der Waals surface area (Å²) in [6.07, 6.45) is 8.72. The average Bonchev–Trinajstić information content (AvgIpc) is 1.72. The van der Waals surface area contributed by atoms with Crippen LogP contribution in [0.2, 0.25) is 5.02 Å². The zero-order chi connectivity index (χ0) is 67.5. The van der Waals surface area contributed by atoms with E-state index in [4.69, 9.17) is 21.1 Å². The number of anilines is 2. The molecule has 1 atom stereocenters. The Balaban J connectivity index is 0.000000289. The van der Waals surface area contributed by atoms with E-state index in [2.05, 4.69) is 98.5 Å². The first-order valence-corrected chi connectivity index (χ1v) is 33.4. The number of carbonyl (C=O) groups is 7. The molecule has 0 saturated carbocycles. The van der Waals surface area contributed by atoms with Crippen LogP contribution in [-0.2, 0) is 54.6 Å². The van der Waals surface area contributed by atoms with Crippen LogP contribution in [0.4, 0.5) is 21.1 Å². The average molecular weight is 1340 g/mol. The highest BCUT2D eigenvalue weighted by Gasteiger charge is 2.44. The number of hydrogen-bond acceptors (Lipinski definition) is 18. The Labute approximate surface area is 559 Å². The summed E-state index contributed by atoms with van der Waals surface area (Å²) in [5.74, 6) is -0.550. The number of H-pyrrole nitrogens is 1. The van der Waals surface area contributed by atoms with Crippen LogP contribution in [0, 0.1) is 5.92 Å². The Morgan fingerprint density at radius 1 is 0.839 bits per heavy atom. The van der Waals surface area contributed by atoms with Crippen molar-refractivity contribution in [2.24, 2.45) is 5.92 Å². The smallest absolute Gasteiger partial charge is 0.410 e. The third kappa shape index (κ3) is 21.5. The second kappa shape index (κ2) is 33.7. The number of hydrogen-bond donors (Lipinski definition) is 7. The number of pyridine rings is 1. The number of nitrogens with one attached hydrogen (secondary N) is 5. The van der Waals surface area contributed by atoms with Gasteiger partial charge in [0.1, 0.15) is 41.1 Å². The van der Waals surface area contributed by atoms with E-state index in [1.54, 1.807) is 88.8 Å². The van der Waals surface area contributed by atoms with Gasteiger partial charge in [-0.1, -0.05) is 67.1 Å². The topological polar surface area (TPSA) is 287 Å². The molecule has 3 saturated heterocycles. The molecule has 93 heavy (non-hydrogen) atoms. The van der Waals surface area contributed by atoms with Crippen molar-refractivity contribution in [3.05, 3.63) is 113 Å². The van der Waals surface area contributed by atoms with Gasteiger partial charge < -0.3 is 55.3 Å². The molecule has 3 fully saturated rings. The summed E-state index contributed by atoms with van der Waals surface area (Å²) < 4.78 is 12.8. The summed E-state index contributed by atoms with van der Waals surface area (Å²) in [7, 11) is 1.75. The van der Waals surface area contributed by atoms with Gasteiger partial charge in [-0.05, 0) is 121 Å². The molecule has 0 spiro atoms. The number of rotatable bonds is 20. The number of aromatic nitrogens is 7. The lowest BCUT2D eigenvalue weighted by atomic mass is 9.86. The Hall–Kier alpha value is -8.01. The van der Waals surface area contributed by atoms with Crippen molar-refractivity contribution in [1.29, 1.82) is 0 Å². The van der Waals surface area contributed by atoms with Crippen LogP contribution >= 0.6 is 34.9 Å². The number of carbonyl (C=O) groups excluding carboxylic acids is 7. The van der Waals surface area contributed by atoms with Gasteiger partial charge in [0.25, 0.3) is 5.91 Å². The van der Waals surface area contributed by atoms with Crippen molar-refractivity contribution in [1.82, 2.24) is 70.5 Å². The molecule has 0 bridgehead atoms. The van der Waals surface area contributed by atoms with E-state index in [0.717, 1.165) is 72.7 Å². The molecule has 28 heteroatoms. The summed E-state index contributed by atoms with van der Waals surface area (Å²) in [5, 5.41) is 21.5. The number of halogens is 1. The summed E-state index contributed by atoms with van der Waals surface area (Å²) in [6, 6.07) is 18.9. The Bertz CT molecular complexity index is 3510. The highest BCUT2D eigenvalue weighted by molar-refractivity contribution is 8.59. The maximum Gasteiger partial charge on any atom is 0.410 e. The first-order valence-electron chi connectivity index (χ1n) is 31.4. The number of piperidine rings is 2. The molecule has 502 valence electrons. The van der Waals surface area contributed by atoms with E-state index in [1.165, 1.54) is 11.2 Å².